The fourth-order valence-corrected chi connectivity index (χ4v) is 9.10. The number of carboxylic acid groups (broad SMARTS) is 1. The Morgan fingerprint density at radius 3 is 1.41 bits per heavy atom. The van der Waals surface area contributed by atoms with E-state index in [4.69, 9.17) is 68.0 Å². The second-order valence-corrected chi connectivity index (χ2v) is 18.0. The Balaban J connectivity index is 0.000000156. The average Bonchev–Trinajstić information content (AvgIpc) is 3.52. The van der Waals surface area contributed by atoms with Crippen LogP contribution in [0, 0.1) is 0 Å². The maximum atomic E-state index is 12.7. The molecule has 2 atom stereocenters. The van der Waals surface area contributed by atoms with E-state index in [-0.39, 0.29) is 40.7 Å². The SMILES string of the molecule is CCOC(=O)c1c[nH]c(-c2cc(Cl)c(OC)cc2O)cc1=O.CCOC(=O)c1cn2c(cc1=O)-c1cc(Cl)c(OC)cc1OC2c1ccccc1.COc1cc2c(cc1Cl)-c1cc(=O)c(C(=O)O)cn1C(c1ccccc1)O2. The number of aromatic amines is 1. The number of phenolic OH excluding ortho intramolecular Hbond substituents is 1. The maximum absolute atomic E-state index is 12.7. The number of ether oxygens (including phenoxy) is 7. The monoisotopic (exact) mass is 1120 g/mol. The van der Waals surface area contributed by atoms with Crippen LogP contribution in [-0.4, -0.2) is 76.8 Å². The molecule has 2 unspecified atom stereocenters. The molecular weight excluding hydrogens is 1070 g/mol. The number of carbonyl (C=O) groups is 3. The maximum Gasteiger partial charge on any atom is 0.343 e. The fourth-order valence-electron chi connectivity index (χ4n) is 8.38. The molecule has 5 heterocycles. The molecule has 18 nitrogen and oxygen atoms in total. The van der Waals surface area contributed by atoms with Crippen LogP contribution < -0.4 is 40.0 Å². The molecule has 0 saturated heterocycles. The second-order valence-electron chi connectivity index (χ2n) is 16.8. The molecule has 0 bridgehead atoms. The number of carboxylic acids is 1. The lowest BCUT2D eigenvalue weighted by Gasteiger charge is -2.32. The van der Waals surface area contributed by atoms with Crippen LogP contribution in [0.15, 0.2) is 148 Å². The van der Waals surface area contributed by atoms with Crippen LogP contribution in [0.4, 0.5) is 0 Å². The third-order valence-electron chi connectivity index (χ3n) is 12.1. The molecule has 10 rings (SSSR count). The van der Waals surface area contributed by atoms with Gasteiger partial charge in [-0.2, -0.15) is 0 Å². The molecule has 5 aromatic carbocycles. The van der Waals surface area contributed by atoms with Crippen molar-refractivity contribution in [2.75, 3.05) is 34.5 Å². The van der Waals surface area contributed by atoms with Gasteiger partial charge >= 0.3 is 17.9 Å². The molecule has 0 spiro atoms. The van der Waals surface area contributed by atoms with Crippen molar-refractivity contribution >= 4 is 52.7 Å². The number of esters is 2. The topological polar surface area (TPSA) is 233 Å². The van der Waals surface area contributed by atoms with Gasteiger partial charge in [-0.05, 0) is 32.0 Å². The third kappa shape index (κ3) is 11.4. The Hall–Kier alpha value is -8.97. The van der Waals surface area contributed by atoms with Crippen LogP contribution in [0.2, 0.25) is 15.1 Å². The number of nitrogens with one attached hydrogen (secondary N) is 1. The van der Waals surface area contributed by atoms with Gasteiger partial charge in [0.05, 0.1) is 66.7 Å². The zero-order chi connectivity index (χ0) is 55.9. The van der Waals surface area contributed by atoms with Gasteiger partial charge in [0.15, 0.2) is 16.3 Å². The van der Waals surface area contributed by atoms with E-state index < -0.39 is 46.7 Å². The number of aromatic nitrogens is 3. The Kier molecular flexibility index (Phi) is 17.0. The molecule has 3 N–H and O–H groups in total. The van der Waals surface area contributed by atoms with Crippen LogP contribution in [0.25, 0.3) is 33.8 Å². The molecule has 0 fully saturated rings. The van der Waals surface area contributed by atoms with Gasteiger partial charge in [0, 0.05) is 82.8 Å². The summed E-state index contributed by atoms with van der Waals surface area (Å²) >= 11 is 18.6. The number of nitrogens with zero attached hydrogens (tertiary/aromatic N) is 2. The van der Waals surface area contributed by atoms with Crippen molar-refractivity contribution in [3.05, 3.63) is 207 Å². The number of hydrogen-bond donors (Lipinski definition) is 3. The van der Waals surface area contributed by atoms with Crippen LogP contribution in [-0.2, 0) is 9.47 Å². The van der Waals surface area contributed by atoms with Crippen LogP contribution >= 0.6 is 34.8 Å². The Morgan fingerprint density at radius 1 is 0.564 bits per heavy atom. The number of phenols is 1. The Morgan fingerprint density at radius 2 is 0.974 bits per heavy atom. The van der Waals surface area contributed by atoms with E-state index in [1.165, 1.54) is 70.3 Å². The fraction of sp³-hybridized carbons (Fsp3) is 0.158. The van der Waals surface area contributed by atoms with Crippen molar-refractivity contribution < 1.29 is 57.8 Å². The number of halogens is 3. The average molecular weight is 1120 g/mol. The molecule has 21 heteroatoms. The van der Waals surface area contributed by atoms with Gasteiger partial charge in [-0.15, -0.1) is 0 Å². The van der Waals surface area contributed by atoms with E-state index in [1.807, 2.05) is 60.7 Å². The predicted molar refractivity (Wildman–Crippen MR) is 290 cm³/mol. The number of H-pyrrole nitrogens is 1. The summed E-state index contributed by atoms with van der Waals surface area (Å²) in [5, 5.41) is 20.4. The number of rotatable bonds is 11. The van der Waals surface area contributed by atoms with Gasteiger partial charge in [0.1, 0.15) is 51.2 Å². The summed E-state index contributed by atoms with van der Waals surface area (Å²) in [6.07, 6.45) is 2.80. The van der Waals surface area contributed by atoms with E-state index in [0.717, 1.165) is 11.1 Å². The van der Waals surface area contributed by atoms with Gasteiger partial charge in [0.25, 0.3) is 0 Å². The molecular formula is C57H46Cl3N3O15. The van der Waals surface area contributed by atoms with Crippen molar-refractivity contribution in [1.29, 1.82) is 0 Å². The number of methoxy groups -OCH3 is 3. The zero-order valence-corrected chi connectivity index (χ0v) is 44.3. The van der Waals surface area contributed by atoms with Crippen LogP contribution in [0.3, 0.4) is 0 Å². The molecule has 8 aromatic rings. The molecule has 3 aromatic heterocycles. The molecule has 78 heavy (non-hydrogen) atoms. The number of aromatic carboxylic acids is 1. The second kappa shape index (κ2) is 23.9. The van der Waals surface area contributed by atoms with Crippen LogP contribution in [0.5, 0.6) is 34.5 Å². The van der Waals surface area contributed by atoms with Crippen LogP contribution in [0.1, 0.15) is 68.5 Å². The largest absolute Gasteiger partial charge is 0.507 e. The van der Waals surface area contributed by atoms with Gasteiger partial charge < -0.3 is 57.5 Å². The van der Waals surface area contributed by atoms with Crippen molar-refractivity contribution in [2.24, 2.45) is 0 Å². The lowest BCUT2D eigenvalue weighted by atomic mass is 10.0. The summed E-state index contributed by atoms with van der Waals surface area (Å²) in [6.45, 7) is 3.69. The smallest absolute Gasteiger partial charge is 0.343 e. The molecule has 2 aliphatic heterocycles. The quantitative estimate of drug-likeness (QED) is 0.102. The molecule has 0 saturated carbocycles. The number of aromatic hydroxyl groups is 1. The lowest BCUT2D eigenvalue weighted by molar-refractivity contribution is 0.0513. The zero-order valence-electron chi connectivity index (χ0n) is 42.0. The first kappa shape index (κ1) is 55.3. The van der Waals surface area contributed by atoms with Crippen molar-refractivity contribution in [1.82, 2.24) is 14.1 Å². The summed E-state index contributed by atoms with van der Waals surface area (Å²) in [5.41, 5.74) is 2.60. The van der Waals surface area contributed by atoms with Crippen molar-refractivity contribution in [2.45, 2.75) is 26.3 Å². The number of hydrogen-bond acceptors (Lipinski definition) is 14. The molecule has 2 aliphatic rings. The lowest BCUT2D eigenvalue weighted by Crippen LogP contribution is -2.28. The minimum Gasteiger partial charge on any atom is -0.507 e. The summed E-state index contributed by atoms with van der Waals surface area (Å²) in [7, 11) is 4.45. The van der Waals surface area contributed by atoms with Gasteiger partial charge in [-0.25, -0.2) is 14.4 Å². The van der Waals surface area contributed by atoms with E-state index in [9.17, 15) is 39.0 Å². The summed E-state index contributed by atoms with van der Waals surface area (Å²) < 4.78 is 41.1. The number of pyridine rings is 3. The van der Waals surface area contributed by atoms with Gasteiger partial charge in [-0.3, -0.25) is 14.4 Å². The van der Waals surface area contributed by atoms with E-state index in [0.29, 0.717) is 72.6 Å². The minimum absolute atomic E-state index is 0.0526. The molecule has 0 amide bonds. The predicted octanol–water partition coefficient (Wildman–Crippen LogP) is 10.7. The number of fused-ring (bicyclic) bond motifs is 6. The van der Waals surface area contributed by atoms with Gasteiger partial charge in [-0.1, -0.05) is 95.5 Å². The van der Waals surface area contributed by atoms with Gasteiger partial charge in [0.2, 0.25) is 12.5 Å². The van der Waals surface area contributed by atoms with Crippen molar-refractivity contribution in [3.8, 4) is 68.3 Å². The highest BCUT2D eigenvalue weighted by Crippen LogP contribution is 2.46. The standard InChI is InChI=1S/C22H18ClNO5.C20H14ClNO5.C15H14ClNO5/c1-3-28-22(26)15-12-24-17(10-18(15)25)14-9-16(23)20(27-2)11-19(14)29-21(24)13-7-5-4-6-8-13;1-26-18-9-17-12(7-14(18)21)15-8-16(23)13(20(24)25)10-22(15)19(27-17)11-5-3-2-4-6-11;1-3-22-15(20)9-7-17-11(5-12(9)18)8-4-10(16)14(21-2)6-13(8)19/h4-12,21H,3H2,1-2H3;2-10,19H,1H3,(H,24,25);4-7,19H,3H2,1-2H3,(H,17,18). The minimum atomic E-state index is -1.29. The molecule has 0 radical (unpaired) electrons. The first-order valence-electron chi connectivity index (χ1n) is 23.6. The van der Waals surface area contributed by atoms with E-state index in [1.54, 1.807) is 47.2 Å². The van der Waals surface area contributed by atoms with E-state index in [2.05, 4.69) is 4.98 Å². The highest BCUT2D eigenvalue weighted by Gasteiger charge is 2.32. The Labute approximate surface area is 459 Å². The summed E-state index contributed by atoms with van der Waals surface area (Å²) in [5.74, 6) is -0.521. The van der Waals surface area contributed by atoms with E-state index >= 15 is 0 Å². The number of benzene rings is 5. The normalized spacial score (nSPS) is 13.3. The molecule has 0 aliphatic carbocycles. The highest BCUT2D eigenvalue weighted by molar-refractivity contribution is 6.33. The summed E-state index contributed by atoms with van der Waals surface area (Å²) in [4.78, 5) is 75.0. The first-order valence-corrected chi connectivity index (χ1v) is 24.7. The molecule has 400 valence electrons. The Bertz CT molecular complexity index is 3790. The van der Waals surface area contributed by atoms with Crippen molar-refractivity contribution in [3.63, 3.8) is 0 Å². The first-order chi connectivity index (χ1) is 37.5. The third-order valence-corrected chi connectivity index (χ3v) is 13.0. The number of carbonyl (C=O) groups excluding carboxylic acids is 2. The summed E-state index contributed by atoms with van der Waals surface area (Å²) in [6, 6.07) is 32.2. The highest BCUT2D eigenvalue weighted by atomic mass is 35.5.